The molecule has 0 aliphatic rings. The highest BCUT2D eigenvalue weighted by Crippen LogP contribution is 2.25. The Bertz CT molecular complexity index is 1250. The number of pyridine rings is 2. The standard InChI is InChI=1S/C27H24N4O3/c32-26(25(14-19-6-2-1-3-7-19)30-18-23-8-4-5-11-29-23)31-24-16-21(15-22(17-24)27(33)34)20-9-12-28-13-10-20/h1-13,15-17,25,30H,14,18H2,(H,31,32)(H,33,34)/t25-/m0/s1. The third-order valence-corrected chi connectivity index (χ3v) is 5.32. The number of benzene rings is 2. The fraction of sp³-hybridized carbons (Fsp3) is 0.111. The second-order valence-electron chi connectivity index (χ2n) is 7.77. The minimum atomic E-state index is -1.07. The van der Waals surface area contributed by atoms with E-state index in [2.05, 4.69) is 20.6 Å². The number of carboxylic acids is 1. The molecule has 0 unspecified atom stereocenters. The molecule has 170 valence electrons. The number of aromatic nitrogens is 2. The van der Waals surface area contributed by atoms with E-state index in [1.807, 2.05) is 48.5 Å². The maximum Gasteiger partial charge on any atom is 0.335 e. The highest BCUT2D eigenvalue weighted by atomic mass is 16.4. The predicted octanol–water partition coefficient (Wildman–Crippen LogP) is 4.18. The number of rotatable bonds is 9. The van der Waals surface area contributed by atoms with Crippen LogP contribution in [0.25, 0.3) is 11.1 Å². The first kappa shape index (κ1) is 22.8. The molecule has 0 bridgehead atoms. The van der Waals surface area contributed by atoms with Gasteiger partial charge in [-0.15, -0.1) is 0 Å². The van der Waals surface area contributed by atoms with Crippen LogP contribution in [0.5, 0.6) is 0 Å². The monoisotopic (exact) mass is 452 g/mol. The molecule has 0 saturated heterocycles. The minimum Gasteiger partial charge on any atom is -0.478 e. The zero-order chi connectivity index (χ0) is 23.8. The SMILES string of the molecule is O=C(O)c1cc(NC(=O)[C@H](Cc2ccccc2)NCc2ccccn2)cc(-c2ccncc2)c1. The summed E-state index contributed by atoms with van der Waals surface area (Å²) in [5.74, 6) is -1.33. The van der Waals surface area contributed by atoms with Crippen molar-refractivity contribution < 1.29 is 14.7 Å². The number of carbonyl (C=O) groups is 2. The fourth-order valence-electron chi connectivity index (χ4n) is 3.60. The van der Waals surface area contributed by atoms with Gasteiger partial charge in [-0.25, -0.2) is 4.79 Å². The number of aromatic carboxylic acids is 1. The molecule has 4 rings (SSSR count). The Labute approximate surface area is 197 Å². The van der Waals surface area contributed by atoms with Crippen molar-refractivity contribution in [3.8, 4) is 11.1 Å². The van der Waals surface area contributed by atoms with Crippen molar-refractivity contribution in [3.63, 3.8) is 0 Å². The van der Waals surface area contributed by atoms with E-state index in [0.29, 0.717) is 24.2 Å². The number of nitrogens with zero attached hydrogens (tertiary/aromatic N) is 2. The number of carboxylic acid groups (broad SMARTS) is 1. The molecule has 2 aromatic carbocycles. The molecule has 0 fully saturated rings. The molecule has 34 heavy (non-hydrogen) atoms. The van der Waals surface area contributed by atoms with Gasteiger partial charge in [0.2, 0.25) is 5.91 Å². The van der Waals surface area contributed by atoms with Crippen LogP contribution in [0.2, 0.25) is 0 Å². The number of hydrogen-bond donors (Lipinski definition) is 3. The highest BCUT2D eigenvalue weighted by molar-refractivity contribution is 5.98. The van der Waals surface area contributed by atoms with Crippen molar-refractivity contribution in [1.29, 1.82) is 0 Å². The first-order valence-electron chi connectivity index (χ1n) is 10.9. The quantitative estimate of drug-likeness (QED) is 0.352. The van der Waals surface area contributed by atoms with Gasteiger partial charge in [0.15, 0.2) is 0 Å². The van der Waals surface area contributed by atoms with E-state index < -0.39 is 12.0 Å². The van der Waals surface area contributed by atoms with Gasteiger partial charge in [-0.05, 0) is 65.6 Å². The molecule has 7 nitrogen and oxygen atoms in total. The molecule has 2 aromatic heterocycles. The second kappa shape index (κ2) is 11.0. The average molecular weight is 453 g/mol. The van der Waals surface area contributed by atoms with Gasteiger partial charge >= 0.3 is 5.97 Å². The molecule has 2 heterocycles. The van der Waals surface area contributed by atoms with Gasteiger partial charge in [-0.3, -0.25) is 20.1 Å². The molecular formula is C27H24N4O3. The summed E-state index contributed by atoms with van der Waals surface area (Å²) in [6.45, 7) is 0.420. The van der Waals surface area contributed by atoms with Crippen molar-refractivity contribution in [3.05, 3.63) is 114 Å². The summed E-state index contributed by atoms with van der Waals surface area (Å²) in [5.41, 5.74) is 3.82. The largest absolute Gasteiger partial charge is 0.478 e. The molecule has 0 aliphatic heterocycles. The van der Waals surface area contributed by atoms with Crippen molar-refractivity contribution >= 4 is 17.6 Å². The van der Waals surface area contributed by atoms with E-state index in [1.165, 1.54) is 6.07 Å². The summed E-state index contributed by atoms with van der Waals surface area (Å²) in [6, 6.07) is 23.2. The predicted molar refractivity (Wildman–Crippen MR) is 130 cm³/mol. The Morgan fingerprint density at radius 2 is 1.62 bits per heavy atom. The zero-order valence-corrected chi connectivity index (χ0v) is 18.4. The van der Waals surface area contributed by atoms with E-state index in [1.54, 1.807) is 42.9 Å². The van der Waals surface area contributed by atoms with Crippen LogP contribution in [0.15, 0.2) is 97.5 Å². The van der Waals surface area contributed by atoms with Crippen LogP contribution in [0.1, 0.15) is 21.6 Å². The van der Waals surface area contributed by atoms with Crippen LogP contribution in [0.4, 0.5) is 5.69 Å². The van der Waals surface area contributed by atoms with Crippen LogP contribution in [0, 0.1) is 0 Å². The summed E-state index contributed by atoms with van der Waals surface area (Å²) in [5, 5.41) is 15.8. The lowest BCUT2D eigenvalue weighted by Crippen LogP contribution is -2.42. The summed E-state index contributed by atoms with van der Waals surface area (Å²) >= 11 is 0. The van der Waals surface area contributed by atoms with Gasteiger partial charge in [0, 0.05) is 30.8 Å². The molecular weight excluding hydrogens is 428 g/mol. The van der Waals surface area contributed by atoms with E-state index in [9.17, 15) is 14.7 Å². The molecule has 0 saturated carbocycles. The zero-order valence-electron chi connectivity index (χ0n) is 18.4. The summed E-state index contributed by atoms with van der Waals surface area (Å²) in [7, 11) is 0. The third kappa shape index (κ3) is 6.11. The maximum absolute atomic E-state index is 13.3. The van der Waals surface area contributed by atoms with Crippen LogP contribution >= 0.6 is 0 Å². The van der Waals surface area contributed by atoms with E-state index >= 15 is 0 Å². The highest BCUT2D eigenvalue weighted by Gasteiger charge is 2.20. The van der Waals surface area contributed by atoms with Crippen LogP contribution in [-0.4, -0.2) is 33.0 Å². The van der Waals surface area contributed by atoms with Gasteiger partial charge in [0.1, 0.15) is 0 Å². The van der Waals surface area contributed by atoms with Gasteiger partial charge in [-0.1, -0.05) is 36.4 Å². The summed E-state index contributed by atoms with van der Waals surface area (Å²) in [6.07, 6.45) is 5.45. The van der Waals surface area contributed by atoms with E-state index in [4.69, 9.17) is 0 Å². The molecule has 0 radical (unpaired) electrons. The molecule has 7 heteroatoms. The van der Waals surface area contributed by atoms with Gasteiger partial charge in [-0.2, -0.15) is 0 Å². The van der Waals surface area contributed by atoms with Crippen molar-refractivity contribution in [1.82, 2.24) is 15.3 Å². The Morgan fingerprint density at radius 3 is 2.32 bits per heavy atom. The number of nitrogens with one attached hydrogen (secondary N) is 2. The van der Waals surface area contributed by atoms with E-state index in [0.717, 1.165) is 16.8 Å². The normalized spacial score (nSPS) is 11.5. The van der Waals surface area contributed by atoms with Crippen molar-refractivity contribution in [2.75, 3.05) is 5.32 Å². The Morgan fingerprint density at radius 1 is 0.853 bits per heavy atom. The smallest absolute Gasteiger partial charge is 0.335 e. The number of amides is 1. The maximum atomic E-state index is 13.3. The molecule has 1 amide bonds. The van der Waals surface area contributed by atoms with Gasteiger partial charge in [0.05, 0.1) is 17.3 Å². The molecule has 4 aromatic rings. The first-order valence-corrected chi connectivity index (χ1v) is 10.9. The Kier molecular flexibility index (Phi) is 7.37. The van der Waals surface area contributed by atoms with Gasteiger partial charge < -0.3 is 10.4 Å². The number of hydrogen-bond acceptors (Lipinski definition) is 5. The lowest BCUT2D eigenvalue weighted by Gasteiger charge is -2.19. The van der Waals surface area contributed by atoms with E-state index in [-0.39, 0.29) is 11.5 Å². The van der Waals surface area contributed by atoms with Crippen LogP contribution < -0.4 is 10.6 Å². The topological polar surface area (TPSA) is 104 Å². The fourth-order valence-corrected chi connectivity index (χ4v) is 3.60. The van der Waals surface area contributed by atoms with Crippen molar-refractivity contribution in [2.24, 2.45) is 0 Å². The third-order valence-electron chi connectivity index (χ3n) is 5.32. The molecule has 0 spiro atoms. The number of anilines is 1. The number of carbonyl (C=O) groups excluding carboxylic acids is 1. The molecule has 3 N–H and O–H groups in total. The lowest BCUT2D eigenvalue weighted by molar-refractivity contribution is -0.118. The minimum absolute atomic E-state index is 0.0886. The molecule has 0 aliphatic carbocycles. The summed E-state index contributed by atoms with van der Waals surface area (Å²) in [4.78, 5) is 33.3. The van der Waals surface area contributed by atoms with Crippen molar-refractivity contribution in [2.45, 2.75) is 19.0 Å². The Balaban J connectivity index is 1.58. The first-order chi connectivity index (χ1) is 16.6. The Hall–Kier alpha value is -4.36. The summed E-state index contributed by atoms with van der Waals surface area (Å²) < 4.78 is 0. The second-order valence-corrected chi connectivity index (χ2v) is 7.77. The lowest BCUT2D eigenvalue weighted by atomic mass is 10.0. The van der Waals surface area contributed by atoms with Crippen LogP contribution in [-0.2, 0) is 17.8 Å². The van der Waals surface area contributed by atoms with Gasteiger partial charge in [0.25, 0.3) is 0 Å². The molecule has 1 atom stereocenters. The average Bonchev–Trinajstić information content (AvgIpc) is 2.88. The van der Waals surface area contributed by atoms with Crippen LogP contribution in [0.3, 0.4) is 0 Å².